The number of ether oxygens (including phenoxy) is 2. The molecule has 0 bridgehead atoms. The van der Waals surface area contributed by atoms with Crippen LogP contribution in [0.1, 0.15) is 10.4 Å². The number of nitrogens with one attached hydrogen (secondary N) is 2. The minimum Gasteiger partial charge on any atom is -0.497 e. The molecule has 2 N–H and O–H groups in total. The van der Waals surface area contributed by atoms with E-state index in [0.29, 0.717) is 28.4 Å². The molecule has 4 aromatic rings. The number of anilines is 2. The summed E-state index contributed by atoms with van der Waals surface area (Å²) in [7, 11) is 3.11. The van der Waals surface area contributed by atoms with E-state index in [4.69, 9.17) is 9.47 Å². The molecule has 0 aromatic heterocycles. The summed E-state index contributed by atoms with van der Waals surface area (Å²) in [5, 5.41) is 7.89. The molecule has 0 saturated heterocycles. The van der Waals surface area contributed by atoms with Crippen molar-refractivity contribution >= 4 is 45.7 Å². The number of hydrogen-bond acceptors (Lipinski definition) is 5. The third kappa shape index (κ3) is 5.68. The molecule has 0 atom stereocenters. The molecule has 0 radical (unpaired) electrons. The van der Waals surface area contributed by atoms with E-state index in [-0.39, 0.29) is 17.6 Å². The van der Waals surface area contributed by atoms with E-state index in [1.165, 1.54) is 11.8 Å². The molecular weight excluding hydrogens is 448 g/mol. The summed E-state index contributed by atoms with van der Waals surface area (Å²) in [5.74, 6) is 1.01. The van der Waals surface area contributed by atoms with Crippen molar-refractivity contribution < 1.29 is 19.1 Å². The molecule has 0 saturated carbocycles. The number of carbonyl (C=O) groups is 2. The Morgan fingerprint density at radius 1 is 0.794 bits per heavy atom. The molecule has 0 spiro atoms. The zero-order valence-electron chi connectivity index (χ0n) is 18.8. The average Bonchev–Trinajstić information content (AvgIpc) is 2.87. The summed E-state index contributed by atoms with van der Waals surface area (Å²) in [6, 6.07) is 26.2. The maximum Gasteiger partial charge on any atom is 0.255 e. The van der Waals surface area contributed by atoms with Crippen LogP contribution in [-0.4, -0.2) is 31.8 Å². The predicted octanol–water partition coefficient (Wildman–Crippen LogP) is 5.84. The summed E-state index contributed by atoms with van der Waals surface area (Å²) in [6.07, 6.45) is 0. The van der Waals surface area contributed by atoms with Crippen LogP contribution in [0.4, 0.5) is 11.4 Å². The first-order chi connectivity index (χ1) is 16.6. The molecule has 4 aromatic carbocycles. The van der Waals surface area contributed by atoms with E-state index in [2.05, 4.69) is 10.6 Å². The maximum atomic E-state index is 12.7. The van der Waals surface area contributed by atoms with Crippen molar-refractivity contribution in [3.05, 3.63) is 90.5 Å². The average molecular weight is 473 g/mol. The van der Waals surface area contributed by atoms with Crippen LogP contribution >= 0.6 is 11.8 Å². The Hall–Kier alpha value is -3.97. The highest BCUT2D eigenvalue weighted by Gasteiger charge is 2.11. The Morgan fingerprint density at radius 2 is 1.62 bits per heavy atom. The number of carbonyl (C=O) groups excluding carboxylic acids is 2. The van der Waals surface area contributed by atoms with Gasteiger partial charge < -0.3 is 20.1 Å². The quantitative estimate of drug-likeness (QED) is 0.315. The third-order valence-corrected chi connectivity index (χ3v) is 6.15. The summed E-state index contributed by atoms with van der Waals surface area (Å²) >= 11 is 1.37. The van der Waals surface area contributed by atoms with Crippen LogP contribution in [0.25, 0.3) is 10.8 Å². The first-order valence-electron chi connectivity index (χ1n) is 10.6. The molecule has 0 aliphatic carbocycles. The van der Waals surface area contributed by atoms with Gasteiger partial charge in [0.05, 0.1) is 25.7 Å². The summed E-state index contributed by atoms with van der Waals surface area (Å²) in [6.45, 7) is 0. The summed E-state index contributed by atoms with van der Waals surface area (Å²) < 4.78 is 10.5. The number of amides is 2. The molecule has 2 amide bonds. The Balaban J connectivity index is 1.38. The Bertz CT molecular complexity index is 1340. The largest absolute Gasteiger partial charge is 0.497 e. The minimum atomic E-state index is -0.184. The smallest absolute Gasteiger partial charge is 0.255 e. The van der Waals surface area contributed by atoms with Crippen molar-refractivity contribution in [2.24, 2.45) is 0 Å². The number of hydrogen-bond donors (Lipinski definition) is 2. The highest BCUT2D eigenvalue weighted by Crippen LogP contribution is 2.29. The van der Waals surface area contributed by atoms with E-state index < -0.39 is 0 Å². The van der Waals surface area contributed by atoms with E-state index in [1.807, 2.05) is 66.7 Å². The van der Waals surface area contributed by atoms with Crippen LogP contribution in [0.3, 0.4) is 0 Å². The normalized spacial score (nSPS) is 10.5. The number of rotatable bonds is 8. The van der Waals surface area contributed by atoms with Crippen molar-refractivity contribution in [2.45, 2.75) is 4.90 Å². The molecule has 0 aliphatic rings. The molecule has 6 nitrogen and oxygen atoms in total. The minimum absolute atomic E-state index is 0.179. The Morgan fingerprint density at radius 3 is 2.41 bits per heavy atom. The second kappa shape index (κ2) is 10.8. The number of benzene rings is 4. The second-order valence-electron chi connectivity index (χ2n) is 7.45. The van der Waals surface area contributed by atoms with Gasteiger partial charge in [-0.25, -0.2) is 0 Å². The van der Waals surface area contributed by atoms with Gasteiger partial charge in [0, 0.05) is 22.2 Å². The zero-order valence-corrected chi connectivity index (χ0v) is 19.6. The molecule has 7 heteroatoms. The van der Waals surface area contributed by atoms with Crippen LogP contribution in [-0.2, 0) is 4.79 Å². The van der Waals surface area contributed by atoms with Gasteiger partial charge in [-0.3, -0.25) is 9.59 Å². The number of methoxy groups -OCH3 is 2. The topological polar surface area (TPSA) is 76.7 Å². The Labute approximate surface area is 202 Å². The van der Waals surface area contributed by atoms with Crippen LogP contribution in [0.2, 0.25) is 0 Å². The van der Waals surface area contributed by atoms with Crippen LogP contribution < -0.4 is 20.1 Å². The van der Waals surface area contributed by atoms with Gasteiger partial charge in [0.25, 0.3) is 5.91 Å². The second-order valence-corrected chi connectivity index (χ2v) is 8.50. The number of fused-ring (bicyclic) bond motifs is 1. The lowest BCUT2D eigenvalue weighted by molar-refractivity contribution is -0.113. The lowest BCUT2D eigenvalue weighted by Gasteiger charge is -2.12. The lowest BCUT2D eigenvalue weighted by Crippen LogP contribution is -2.15. The van der Waals surface area contributed by atoms with Gasteiger partial charge >= 0.3 is 0 Å². The van der Waals surface area contributed by atoms with Gasteiger partial charge in [-0.05, 0) is 53.2 Å². The third-order valence-electron chi connectivity index (χ3n) is 5.15. The van der Waals surface area contributed by atoms with Gasteiger partial charge in [0.1, 0.15) is 11.5 Å². The van der Waals surface area contributed by atoms with E-state index in [1.54, 1.807) is 32.4 Å². The Kier molecular flexibility index (Phi) is 7.34. The van der Waals surface area contributed by atoms with Gasteiger partial charge in [-0.15, -0.1) is 11.8 Å². The summed E-state index contributed by atoms with van der Waals surface area (Å²) in [4.78, 5) is 26.1. The van der Waals surface area contributed by atoms with Gasteiger partial charge in [0.15, 0.2) is 0 Å². The molecule has 0 fully saturated rings. The molecule has 4 rings (SSSR count). The van der Waals surface area contributed by atoms with Crippen LogP contribution in [0.5, 0.6) is 11.5 Å². The molecule has 0 unspecified atom stereocenters. The monoisotopic (exact) mass is 472 g/mol. The highest BCUT2D eigenvalue weighted by molar-refractivity contribution is 8.00. The highest BCUT2D eigenvalue weighted by atomic mass is 32.2. The van der Waals surface area contributed by atoms with Crippen molar-refractivity contribution in [2.75, 3.05) is 30.6 Å². The van der Waals surface area contributed by atoms with Crippen molar-refractivity contribution in [1.82, 2.24) is 0 Å². The van der Waals surface area contributed by atoms with Gasteiger partial charge in [-0.2, -0.15) is 0 Å². The van der Waals surface area contributed by atoms with Crippen LogP contribution in [0, 0.1) is 0 Å². The first-order valence-corrected chi connectivity index (χ1v) is 11.6. The zero-order chi connectivity index (χ0) is 23.9. The first kappa shape index (κ1) is 23.2. The van der Waals surface area contributed by atoms with Gasteiger partial charge in [-0.1, -0.05) is 36.4 Å². The standard InChI is InChI=1S/C27H24N2O4S/c1-32-22-12-13-25(33-2)24(16-22)29-26(30)17-34-23-9-5-8-21(15-23)28-27(31)20-11-10-18-6-3-4-7-19(18)14-20/h3-16H,17H2,1-2H3,(H,28,31)(H,29,30). The maximum absolute atomic E-state index is 12.7. The molecule has 34 heavy (non-hydrogen) atoms. The van der Waals surface area contributed by atoms with Crippen molar-refractivity contribution in [1.29, 1.82) is 0 Å². The molecular formula is C27H24N2O4S. The van der Waals surface area contributed by atoms with E-state index in [0.717, 1.165) is 15.7 Å². The fraction of sp³-hybridized carbons (Fsp3) is 0.111. The SMILES string of the molecule is COc1ccc(OC)c(NC(=O)CSc2cccc(NC(=O)c3ccc4ccccc4c3)c2)c1. The summed E-state index contributed by atoms with van der Waals surface area (Å²) in [5.41, 5.74) is 1.80. The molecule has 0 aliphatic heterocycles. The predicted molar refractivity (Wildman–Crippen MR) is 137 cm³/mol. The van der Waals surface area contributed by atoms with Crippen LogP contribution in [0.15, 0.2) is 89.8 Å². The van der Waals surface area contributed by atoms with Crippen molar-refractivity contribution in [3.63, 3.8) is 0 Å². The van der Waals surface area contributed by atoms with E-state index >= 15 is 0 Å². The number of thioether (sulfide) groups is 1. The molecule has 172 valence electrons. The fourth-order valence-electron chi connectivity index (χ4n) is 3.44. The molecule has 0 heterocycles. The van der Waals surface area contributed by atoms with Crippen molar-refractivity contribution in [3.8, 4) is 11.5 Å². The van der Waals surface area contributed by atoms with Gasteiger partial charge in [0.2, 0.25) is 5.91 Å². The fourth-order valence-corrected chi connectivity index (χ4v) is 4.20. The van der Waals surface area contributed by atoms with E-state index in [9.17, 15) is 9.59 Å². The lowest BCUT2D eigenvalue weighted by atomic mass is 10.1.